The van der Waals surface area contributed by atoms with Crippen LogP contribution < -0.4 is 4.74 Å². The first kappa shape index (κ1) is 14.4. The lowest BCUT2D eigenvalue weighted by Gasteiger charge is -2.18. The highest BCUT2D eigenvalue weighted by atomic mass is 35.5. The first-order valence-electron chi connectivity index (χ1n) is 6.93. The lowest BCUT2D eigenvalue weighted by molar-refractivity contribution is 0.209. The molecule has 0 saturated heterocycles. The van der Waals surface area contributed by atoms with Gasteiger partial charge in [-0.15, -0.1) is 0 Å². The van der Waals surface area contributed by atoms with Crippen molar-refractivity contribution < 1.29 is 9.84 Å². The summed E-state index contributed by atoms with van der Waals surface area (Å²) in [5.74, 6) is 0.643. The summed E-state index contributed by atoms with van der Waals surface area (Å²) in [4.78, 5) is 0. The van der Waals surface area contributed by atoms with E-state index in [-0.39, 0.29) is 0 Å². The van der Waals surface area contributed by atoms with Crippen molar-refractivity contribution in [3.8, 4) is 5.75 Å². The molecule has 0 bridgehead atoms. The van der Waals surface area contributed by atoms with Crippen LogP contribution in [-0.2, 0) is 0 Å². The minimum absolute atomic E-state index is 0.540. The molecule has 1 aromatic carbocycles. The number of allylic oxidation sites excluding steroid dienone is 1. The summed E-state index contributed by atoms with van der Waals surface area (Å²) in [7, 11) is 1.59. The maximum absolute atomic E-state index is 10.5. The first-order valence-corrected chi connectivity index (χ1v) is 7.30. The van der Waals surface area contributed by atoms with Crippen molar-refractivity contribution >= 4 is 11.6 Å². The van der Waals surface area contributed by atoms with Gasteiger partial charge in [0.25, 0.3) is 0 Å². The van der Waals surface area contributed by atoms with Crippen molar-refractivity contribution in [1.29, 1.82) is 0 Å². The Labute approximate surface area is 120 Å². The first-order chi connectivity index (χ1) is 9.22. The van der Waals surface area contributed by atoms with Crippen LogP contribution in [0.25, 0.3) is 0 Å². The smallest absolute Gasteiger partial charge is 0.137 e. The van der Waals surface area contributed by atoms with E-state index >= 15 is 0 Å². The monoisotopic (exact) mass is 280 g/mol. The molecule has 0 heterocycles. The lowest BCUT2D eigenvalue weighted by atomic mass is 9.93. The third kappa shape index (κ3) is 3.74. The molecule has 1 aliphatic rings. The fourth-order valence-electron chi connectivity index (χ4n) is 2.53. The minimum atomic E-state index is -0.540. The quantitative estimate of drug-likeness (QED) is 0.816. The second-order valence-corrected chi connectivity index (χ2v) is 5.44. The number of aliphatic hydroxyl groups is 1. The Balaban J connectivity index is 2.17. The summed E-state index contributed by atoms with van der Waals surface area (Å²) in [6.45, 7) is 0. The second-order valence-electron chi connectivity index (χ2n) is 5.03. The fourth-order valence-corrected chi connectivity index (χ4v) is 2.80. The third-order valence-electron chi connectivity index (χ3n) is 3.67. The highest BCUT2D eigenvalue weighted by Crippen LogP contribution is 2.33. The highest BCUT2D eigenvalue weighted by molar-refractivity contribution is 6.32. The van der Waals surface area contributed by atoms with Gasteiger partial charge in [0.2, 0.25) is 0 Å². The maximum Gasteiger partial charge on any atom is 0.137 e. The Hall–Kier alpha value is -0.990. The van der Waals surface area contributed by atoms with Crippen molar-refractivity contribution in [1.82, 2.24) is 0 Å². The zero-order valence-corrected chi connectivity index (χ0v) is 12.1. The number of benzene rings is 1. The van der Waals surface area contributed by atoms with Gasteiger partial charge in [0, 0.05) is 0 Å². The Morgan fingerprint density at radius 2 is 2.00 bits per heavy atom. The van der Waals surface area contributed by atoms with Crippen LogP contribution in [0, 0.1) is 0 Å². The molecule has 0 fully saturated rings. The van der Waals surface area contributed by atoms with Gasteiger partial charge in [-0.05, 0) is 49.0 Å². The van der Waals surface area contributed by atoms with Crippen LogP contribution in [0.5, 0.6) is 5.75 Å². The molecule has 0 aliphatic heterocycles. The number of halogens is 1. The Kier molecular flexibility index (Phi) is 5.29. The molecule has 0 amide bonds. The normalized spacial score (nSPS) is 20.9. The number of rotatable bonds is 3. The van der Waals surface area contributed by atoms with Crippen LogP contribution in [0.2, 0.25) is 5.02 Å². The average molecular weight is 281 g/mol. The Morgan fingerprint density at radius 3 is 2.74 bits per heavy atom. The summed E-state index contributed by atoms with van der Waals surface area (Å²) < 4.78 is 5.13. The van der Waals surface area contributed by atoms with Crippen LogP contribution in [0.15, 0.2) is 29.8 Å². The van der Waals surface area contributed by atoms with Crippen molar-refractivity contribution in [2.45, 2.75) is 44.6 Å². The van der Waals surface area contributed by atoms with Crippen molar-refractivity contribution in [3.05, 3.63) is 40.4 Å². The molecule has 2 nitrogen and oxygen atoms in total. The molecule has 104 valence electrons. The van der Waals surface area contributed by atoms with E-state index in [2.05, 4.69) is 6.08 Å². The van der Waals surface area contributed by atoms with Gasteiger partial charge in [0.15, 0.2) is 0 Å². The fraction of sp³-hybridized carbons (Fsp3) is 0.500. The number of ether oxygens (including phenoxy) is 1. The van der Waals surface area contributed by atoms with Crippen LogP contribution in [0.1, 0.15) is 50.2 Å². The Bertz CT molecular complexity index is 454. The molecular weight excluding hydrogens is 260 g/mol. The van der Waals surface area contributed by atoms with Gasteiger partial charge in [0.05, 0.1) is 12.1 Å². The SMILES string of the molecule is COc1ccc(C(O)/C2=C/CCCCCC2)cc1Cl. The topological polar surface area (TPSA) is 29.5 Å². The molecule has 0 spiro atoms. The van der Waals surface area contributed by atoms with E-state index in [1.54, 1.807) is 13.2 Å². The van der Waals surface area contributed by atoms with E-state index < -0.39 is 6.10 Å². The number of hydrogen-bond donors (Lipinski definition) is 1. The Morgan fingerprint density at radius 1 is 1.21 bits per heavy atom. The average Bonchev–Trinajstić information content (AvgIpc) is 2.37. The zero-order valence-electron chi connectivity index (χ0n) is 11.4. The van der Waals surface area contributed by atoms with Gasteiger partial charge >= 0.3 is 0 Å². The van der Waals surface area contributed by atoms with E-state index in [1.807, 2.05) is 12.1 Å². The number of methoxy groups -OCH3 is 1. The predicted octanol–water partition coefficient (Wildman–Crippen LogP) is 4.66. The van der Waals surface area contributed by atoms with Gasteiger partial charge in [-0.25, -0.2) is 0 Å². The zero-order chi connectivity index (χ0) is 13.7. The molecule has 1 aliphatic carbocycles. The van der Waals surface area contributed by atoms with Crippen LogP contribution in [0.4, 0.5) is 0 Å². The summed E-state index contributed by atoms with van der Waals surface area (Å²) in [5, 5.41) is 11.0. The molecule has 1 N–H and O–H groups in total. The van der Waals surface area contributed by atoms with E-state index in [0.29, 0.717) is 10.8 Å². The van der Waals surface area contributed by atoms with Crippen molar-refractivity contribution in [2.75, 3.05) is 7.11 Å². The standard InChI is InChI=1S/C16H21ClO2/c1-19-15-10-9-13(11-14(15)17)16(18)12-7-5-3-2-4-6-8-12/h7,9-11,16,18H,2-6,8H2,1H3/b12-7+. The van der Waals surface area contributed by atoms with Crippen LogP contribution in [0.3, 0.4) is 0 Å². The van der Waals surface area contributed by atoms with Gasteiger partial charge in [-0.2, -0.15) is 0 Å². The lowest BCUT2D eigenvalue weighted by Crippen LogP contribution is -2.04. The molecule has 0 radical (unpaired) electrons. The summed E-state index contributed by atoms with van der Waals surface area (Å²) in [5.41, 5.74) is 1.97. The largest absolute Gasteiger partial charge is 0.495 e. The molecule has 3 heteroatoms. The molecule has 1 unspecified atom stereocenters. The van der Waals surface area contributed by atoms with E-state index in [4.69, 9.17) is 16.3 Å². The van der Waals surface area contributed by atoms with Gasteiger partial charge in [0.1, 0.15) is 11.9 Å². The van der Waals surface area contributed by atoms with Crippen molar-refractivity contribution in [3.63, 3.8) is 0 Å². The maximum atomic E-state index is 10.5. The van der Waals surface area contributed by atoms with E-state index in [1.165, 1.54) is 19.3 Å². The number of aliphatic hydroxyl groups excluding tert-OH is 1. The van der Waals surface area contributed by atoms with Gasteiger partial charge in [-0.3, -0.25) is 0 Å². The van der Waals surface area contributed by atoms with E-state index in [9.17, 15) is 5.11 Å². The van der Waals surface area contributed by atoms with Gasteiger partial charge in [-0.1, -0.05) is 36.6 Å². The molecule has 1 atom stereocenters. The highest BCUT2D eigenvalue weighted by Gasteiger charge is 2.15. The molecular formula is C16H21ClO2. The van der Waals surface area contributed by atoms with Crippen LogP contribution in [-0.4, -0.2) is 12.2 Å². The molecule has 2 rings (SSSR count). The summed E-state index contributed by atoms with van der Waals surface area (Å²) in [6.07, 6.45) is 8.64. The second kappa shape index (κ2) is 6.97. The minimum Gasteiger partial charge on any atom is -0.495 e. The van der Waals surface area contributed by atoms with Crippen molar-refractivity contribution in [2.24, 2.45) is 0 Å². The number of hydrogen-bond acceptors (Lipinski definition) is 2. The van der Waals surface area contributed by atoms with E-state index in [0.717, 1.165) is 30.4 Å². The molecule has 19 heavy (non-hydrogen) atoms. The van der Waals surface area contributed by atoms with Crippen LogP contribution >= 0.6 is 11.6 Å². The third-order valence-corrected chi connectivity index (χ3v) is 3.96. The van der Waals surface area contributed by atoms with Gasteiger partial charge < -0.3 is 9.84 Å². The predicted molar refractivity (Wildman–Crippen MR) is 78.7 cm³/mol. The molecule has 0 saturated carbocycles. The summed E-state index contributed by atoms with van der Waals surface area (Å²) >= 11 is 6.12. The summed E-state index contributed by atoms with van der Waals surface area (Å²) in [6, 6.07) is 5.49. The molecule has 0 aromatic heterocycles. The molecule has 1 aromatic rings.